The lowest BCUT2D eigenvalue weighted by Crippen LogP contribution is -2.11. The van der Waals surface area contributed by atoms with Crippen LogP contribution in [0.2, 0.25) is 5.28 Å². The second-order valence-corrected chi connectivity index (χ2v) is 4.53. The first-order valence-electron chi connectivity index (χ1n) is 5.73. The Kier molecular flexibility index (Phi) is 3.17. The number of aromatic amines is 1. The fraction of sp³-hybridized carbons (Fsp3) is 0.0833. The maximum absolute atomic E-state index is 12.9. The van der Waals surface area contributed by atoms with Gasteiger partial charge in [0.2, 0.25) is 5.28 Å². The molecule has 2 aromatic heterocycles. The van der Waals surface area contributed by atoms with Crippen molar-refractivity contribution < 1.29 is 13.2 Å². The first-order chi connectivity index (χ1) is 9.93. The van der Waals surface area contributed by atoms with Crippen LogP contribution in [0.15, 0.2) is 30.6 Å². The van der Waals surface area contributed by atoms with Crippen molar-refractivity contribution >= 4 is 34.0 Å². The molecule has 0 atom stereocenters. The molecule has 0 saturated heterocycles. The number of halogens is 4. The minimum Gasteiger partial charge on any atom is -0.340 e. The molecule has 5 nitrogen and oxygen atoms in total. The predicted octanol–water partition coefficient (Wildman–Crippen LogP) is 3.77. The Bertz CT molecular complexity index is 799. The average Bonchev–Trinajstić information content (AvgIpc) is 2.84. The highest BCUT2D eigenvalue weighted by molar-refractivity contribution is 6.28. The molecule has 0 aliphatic heterocycles. The zero-order valence-electron chi connectivity index (χ0n) is 10.2. The fourth-order valence-corrected chi connectivity index (χ4v) is 1.95. The van der Waals surface area contributed by atoms with Gasteiger partial charge in [-0.05, 0) is 29.8 Å². The summed E-state index contributed by atoms with van der Waals surface area (Å²) in [7, 11) is 0. The first kappa shape index (κ1) is 13.6. The highest BCUT2D eigenvalue weighted by Crippen LogP contribution is 2.35. The minimum atomic E-state index is -4.58. The van der Waals surface area contributed by atoms with E-state index in [-0.39, 0.29) is 5.28 Å². The Labute approximate surface area is 121 Å². The number of nitrogens with one attached hydrogen (secondary N) is 2. The zero-order valence-corrected chi connectivity index (χ0v) is 11.0. The number of benzene rings is 1. The normalized spacial score (nSPS) is 11.8. The number of fused-ring (bicyclic) bond motifs is 1. The zero-order chi connectivity index (χ0) is 15.0. The molecule has 0 amide bonds. The van der Waals surface area contributed by atoms with Crippen molar-refractivity contribution in [1.82, 2.24) is 20.2 Å². The molecule has 3 rings (SSSR count). The minimum absolute atomic E-state index is 0.269. The summed E-state index contributed by atoms with van der Waals surface area (Å²) in [5.41, 5.74) is 0.223. The van der Waals surface area contributed by atoms with E-state index in [1.807, 2.05) is 0 Å². The molecule has 0 aliphatic carbocycles. The van der Waals surface area contributed by atoms with Gasteiger partial charge in [0.15, 0.2) is 0 Å². The highest BCUT2D eigenvalue weighted by Gasteiger charge is 2.35. The second kappa shape index (κ2) is 4.88. The first-order valence-corrected chi connectivity index (χ1v) is 6.11. The topological polar surface area (TPSA) is 66.5 Å². The van der Waals surface area contributed by atoms with Gasteiger partial charge in [-0.3, -0.25) is 5.10 Å². The Balaban J connectivity index is 2.02. The van der Waals surface area contributed by atoms with E-state index in [4.69, 9.17) is 11.6 Å². The number of hydrogen-bond acceptors (Lipinski definition) is 4. The average molecular weight is 314 g/mol. The summed E-state index contributed by atoms with van der Waals surface area (Å²) in [6.07, 6.45) is -2.36. The summed E-state index contributed by atoms with van der Waals surface area (Å²) >= 11 is 5.57. The van der Waals surface area contributed by atoms with E-state index in [9.17, 15) is 13.2 Å². The summed E-state index contributed by atoms with van der Waals surface area (Å²) < 4.78 is 38.7. The molecule has 21 heavy (non-hydrogen) atoms. The summed E-state index contributed by atoms with van der Waals surface area (Å²) in [5.74, 6) is -0.398. The van der Waals surface area contributed by atoms with Crippen molar-refractivity contribution in [3.63, 3.8) is 0 Å². The van der Waals surface area contributed by atoms with Gasteiger partial charge in [-0.2, -0.15) is 23.3 Å². The van der Waals surface area contributed by atoms with Crippen LogP contribution in [0.1, 0.15) is 5.56 Å². The lowest BCUT2D eigenvalue weighted by atomic mass is 10.2. The van der Waals surface area contributed by atoms with Crippen molar-refractivity contribution in [1.29, 1.82) is 0 Å². The second-order valence-electron chi connectivity index (χ2n) is 4.20. The molecule has 0 radical (unpaired) electrons. The van der Waals surface area contributed by atoms with Gasteiger partial charge >= 0.3 is 6.18 Å². The summed E-state index contributed by atoms with van der Waals surface area (Å²) in [6.45, 7) is 0. The quantitative estimate of drug-likeness (QED) is 0.707. The van der Waals surface area contributed by atoms with Crippen LogP contribution in [0.4, 0.5) is 24.7 Å². The molecule has 0 aliphatic rings. The third kappa shape index (κ3) is 2.75. The number of hydrogen-bond donors (Lipinski definition) is 2. The van der Waals surface area contributed by atoms with Crippen molar-refractivity contribution in [2.75, 3.05) is 5.32 Å². The molecule has 0 unspecified atom stereocenters. The van der Waals surface area contributed by atoms with Crippen LogP contribution in [-0.4, -0.2) is 20.2 Å². The van der Waals surface area contributed by atoms with Crippen molar-refractivity contribution in [2.45, 2.75) is 6.18 Å². The van der Waals surface area contributed by atoms with Gasteiger partial charge in [0.25, 0.3) is 0 Å². The Morgan fingerprint density at radius 1 is 1.19 bits per heavy atom. The van der Waals surface area contributed by atoms with Crippen LogP contribution < -0.4 is 5.32 Å². The van der Waals surface area contributed by atoms with Crippen molar-refractivity contribution in [3.05, 3.63) is 41.4 Å². The van der Waals surface area contributed by atoms with Gasteiger partial charge in [-0.15, -0.1) is 0 Å². The molecule has 1 aromatic carbocycles. The molecule has 0 saturated carbocycles. The molecule has 2 heterocycles. The van der Waals surface area contributed by atoms with E-state index in [0.717, 1.165) is 10.9 Å². The summed E-state index contributed by atoms with van der Waals surface area (Å²) in [5, 5.41) is 9.69. The third-order valence-electron chi connectivity index (χ3n) is 2.77. The van der Waals surface area contributed by atoms with Crippen LogP contribution in [0.25, 0.3) is 10.9 Å². The lowest BCUT2D eigenvalue weighted by Gasteiger charge is -2.13. The van der Waals surface area contributed by atoms with Crippen LogP contribution in [0, 0.1) is 0 Å². The van der Waals surface area contributed by atoms with Crippen LogP contribution in [0.5, 0.6) is 0 Å². The molecule has 2 N–H and O–H groups in total. The van der Waals surface area contributed by atoms with E-state index in [1.165, 1.54) is 0 Å². The van der Waals surface area contributed by atoms with E-state index in [0.29, 0.717) is 11.9 Å². The smallest absolute Gasteiger partial charge is 0.340 e. The van der Waals surface area contributed by atoms with Gasteiger partial charge < -0.3 is 5.32 Å². The van der Waals surface area contributed by atoms with Crippen molar-refractivity contribution in [3.8, 4) is 0 Å². The molecule has 3 aromatic rings. The summed E-state index contributed by atoms with van der Waals surface area (Å²) in [4.78, 5) is 6.97. The number of nitrogens with zero attached hydrogens (tertiary/aromatic N) is 3. The van der Waals surface area contributed by atoms with Gasteiger partial charge in [0, 0.05) is 17.3 Å². The third-order valence-corrected chi connectivity index (χ3v) is 2.95. The maximum atomic E-state index is 12.9. The Morgan fingerprint density at radius 3 is 2.76 bits per heavy atom. The van der Waals surface area contributed by atoms with E-state index in [1.54, 1.807) is 24.4 Å². The van der Waals surface area contributed by atoms with Crippen LogP contribution in [-0.2, 0) is 6.18 Å². The lowest BCUT2D eigenvalue weighted by molar-refractivity contribution is -0.137. The molecule has 108 valence electrons. The highest BCUT2D eigenvalue weighted by atomic mass is 35.5. The maximum Gasteiger partial charge on any atom is 0.421 e. The monoisotopic (exact) mass is 313 g/mol. The van der Waals surface area contributed by atoms with E-state index in [2.05, 4.69) is 25.5 Å². The van der Waals surface area contributed by atoms with Gasteiger partial charge in [-0.1, -0.05) is 0 Å². The molecular formula is C12H7ClF3N5. The van der Waals surface area contributed by atoms with E-state index >= 15 is 0 Å². The largest absolute Gasteiger partial charge is 0.421 e. The van der Waals surface area contributed by atoms with Gasteiger partial charge in [0.05, 0.1) is 11.7 Å². The number of aromatic nitrogens is 4. The van der Waals surface area contributed by atoms with Crippen molar-refractivity contribution in [2.24, 2.45) is 0 Å². The van der Waals surface area contributed by atoms with Crippen LogP contribution in [0.3, 0.4) is 0 Å². The molecule has 9 heteroatoms. The number of anilines is 2. The number of alkyl halides is 3. The van der Waals surface area contributed by atoms with Gasteiger partial charge in [-0.25, -0.2) is 4.98 Å². The standard InChI is InChI=1S/C12H7ClF3N5/c13-11-17-5-8(12(14,15)16)10(20-11)19-7-1-2-9-6(3-7)4-18-21-9/h1-5H,(H,18,21)(H,17,19,20). The fourth-order valence-electron chi connectivity index (χ4n) is 1.82. The Hall–Kier alpha value is -2.35. The molecular weight excluding hydrogens is 307 g/mol. The Morgan fingerprint density at radius 2 is 2.00 bits per heavy atom. The molecule has 0 fully saturated rings. The van der Waals surface area contributed by atoms with Gasteiger partial charge in [0.1, 0.15) is 11.4 Å². The van der Waals surface area contributed by atoms with E-state index < -0.39 is 17.6 Å². The van der Waals surface area contributed by atoms with Crippen LogP contribution >= 0.6 is 11.6 Å². The summed E-state index contributed by atoms with van der Waals surface area (Å²) in [6, 6.07) is 4.95. The SMILES string of the molecule is FC(F)(F)c1cnc(Cl)nc1Nc1ccc2[nH]ncc2c1. The number of H-pyrrole nitrogens is 1. The predicted molar refractivity (Wildman–Crippen MR) is 71.4 cm³/mol. The molecule has 0 spiro atoms. The molecule has 0 bridgehead atoms. The number of rotatable bonds is 2.